The van der Waals surface area contributed by atoms with Crippen molar-refractivity contribution in [3.05, 3.63) is 71.0 Å². The molecule has 4 aliphatic rings. The number of ether oxygens (including phenoxy) is 5. The number of aliphatic hydroxyl groups is 1. The Labute approximate surface area is 262 Å². The lowest BCUT2D eigenvalue weighted by Crippen LogP contribution is -2.74. The number of amides is 1. The second kappa shape index (κ2) is 11.4. The third-order valence-electron chi connectivity index (χ3n) is 9.34. The van der Waals surface area contributed by atoms with E-state index in [9.17, 15) is 19.5 Å². The quantitative estimate of drug-likeness (QED) is 0.332. The van der Waals surface area contributed by atoms with Crippen LogP contribution in [-0.4, -0.2) is 78.6 Å². The number of likely N-dealkylation sites (tertiary alicyclic amines) is 1. The summed E-state index contributed by atoms with van der Waals surface area (Å²) < 4.78 is 29.1. The minimum absolute atomic E-state index is 0.0372. The van der Waals surface area contributed by atoms with Gasteiger partial charge in [0.2, 0.25) is 6.10 Å². The highest BCUT2D eigenvalue weighted by Gasteiger charge is 2.72. The minimum atomic E-state index is -1.37. The van der Waals surface area contributed by atoms with Gasteiger partial charge in [-0.3, -0.25) is 4.79 Å². The molecule has 2 N–H and O–H groups in total. The molecule has 0 unspecified atom stereocenters. The van der Waals surface area contributed by atoms with Gasteiger partial charge in [-0.25, -0.2) is 9.59 Å². The summed E-state index contributed by atoms with van der Waals surface area (Å²) in [4.78, 5) is 40.9. The Bertz CT molecular complexity index is 1530. The van der Waals surface area contributed by atoms with Gasteiger partial charge in [0.05, 0.1) is 24.5 Å². The fourth-order valence-electron chi connectivity index (χ4n) is 7.41. The predicted molar refractivity (Wildman–Crippen MR) is 162 cm³/mol. The van der Waals surface area contributed by atoms with Gasteiger partial charge in [0.15, 0.2) is 17.6 Å². The third kappa shape index (κ3) is 5.21. The molecular weight excluding hydrogens is 580 g/mol. The Hall–Kier alpha value is -4.09. The van der Waals surface area contributed by atoms with Gasteiger partial charge in [-0.2, -0.15) is 0 Å². The van der Waals surface area contributed by atoms with Crippen LogP contribution in [0.2, 0.25) is 0 Å². The maximum absolute atomic E-state index is 13.9. The molecule has 0 aromatic heterocycles. The summed E-state index contributed by atoms with van der Waals surface area (Å²) >= 11 is 0. The molecule has 11 heteroatoms. The number of nitrogens with zero attached hydrogens (tertiary/aromatic N) is 1. The molecule has 2 heterocycles. The summed E-state index contributed by atoms with van der Waals surface area (Å²) in [5.41, 5.74) is -0.254. The summed E-state index contributed by atoms with van der Waals surface area (Å²) in [7, 11) is 3.60. The molecule has 1 amide bonds. The van der Waals surface area contributed by atoms with Gasteiger partial charge in [0.25, 0.3) is 0 Å². The number of alkyl carbamates (subject to hydrolysis) is 1. The Morgan fingerprint density at radius 2 is 1.91 bits per heavy atom. The lowest BCUT2D eigenvalue weighted by atomic mass is 9.50. The van der Waals surface area contributed by atoms with Crippen LogP contribution in [0.15, 0.2) is 54.3 Å². The first-order chi connectivity index (χ1) is 21.4. The van der Waals surface area contributed by atoms with E-state index in [1.807, 2.05) is 19.2 Å². The van der Waals surface area contributed by atoms with E-state index in [0.717, 1.165) is 17.7 Å². The zero-order chi connectivity index (χ0) is 32.1. The summed E-state index contributed by atoms with van der Waals surface area (Å²) in [5, 5.41) is 15.0. The van der Waals surface area contributed by atoms with Crippen LogP contribution in [0.1, 0.15) is 62.8 Å². The second-order valence-electron chi connectivity index (χ2n) is 13.2. The summed E-state index contributed by atoms with van der Waals surface area (Å²) in [6.07, 6.45) is 0.232. The first-order valence-electron chi connectivity index (χ1n) is 15.3. The number of rotatable bonds is 8. The molecule has 0 radical (unpaired) electrons. The summed E-state index contributed by atoms with van der Waals surface area (Å²) in [5.74, 6) is -0.114. The van der Waals surface area contributed by atoms with Crippen molar-refractivity contribution in [2.75, 3.05) is 27.2 Å². The van der Waals surface area contributed by atoms with Gasteiger partial charge in [0, 0.05) is 30.1 Å². The van der Waals surface area contributed by atoms with Gasteiger partial charge in [-0.1, -0.05) is 36.4 Å². The molecule has 45 heavy (non-hydrogen) atoms. The summed E-state index contributed by atoms with van der Waals surface area (Å²) in [6, 6.07) is 12.4. The number of carbonyl (C=O) groups is 3. The smallest absolute Gasteiger partial charge is 0.407 e. The van der Waals surface area contributed by atoms with E-state index >= 15 is 0 Å². The maximum atomic E-state index is 13.9. The van der Waals surface area contributed by atoms with E-state index < -0.39 is 46.9 Å². The molecule has 2 aliphatic carbocycles. The minimum Gasteiger partial charge on any atom is -0.493 e. The third-order valence-corrected chi connectivity index (χ3v) is 9.34. The van der Waals surface area contributed by atoms with Crippen molar-refractivity contribution in [3.63, 3.8) is 0 Å². The molecule has 6 rings (SSSR count). The first-order valence-corrected chi connectivity index (χ1v) is 15.3. The lowest BCUT2D eigenvalue weighted by Gasteiger charge is -2.61. The fraction of sp³-hybridized carbons (Fsp3) is 0.500. The highest BCUT2D eigenvalue weighted by Crippen LogP contribution is 2.65. The number of nitrogens with one attached hydrogen (secondary N) is 1. The number of carbonyl (C=O) groups excluding carboxylic acids is 3. The average molecular weight is 621 g/mol. The molecule has 2 aromatic rings. The molecule has 2 bridgehead atoms. The van der Waals surface area contributed by atoms with Gasteiger partial charge >= 0.3 is 18.0 Å². The molecule has 11 nitrogen and oxygen atoms in total. The fourth-order valence-corrected chi connectivity index (χ4v) is 7.41. The molecule has 5 atom stereocenters. The zero-order valence-electron chi connectivity index (χ0n) is 26.3. The van der Waals surface area contributed by atoms with Crippen molar-refractivity contribution in [2.45, 2.75) is 81.3 Å². The molecular formula is C34H40N2O9. The second-order valence-corrected chi connectivity index (χ2v) is 13.2. The predicted octanol–water partition coefficient (Wildman–Crippen LogP) is 3.72. The molecule has 240 valence electrons. The van der Waals surface area contributed by atoms with Crippen LogP contribution < -0.4 is 14.8 Å². The van der Waals surface area contributed by atoms with Crippen molar-refractivity contribution >= 4 is 18.0 Å². The first kappa shape index (κ1) is 30.9. The number of benzene rings is 2. The Morgan fingerprint density at radius 1 is 1.16 bits per heavy atom. The van der Waals surface area contributed by atoms with Crippen LogP contribution in [0, 0.1) is 0 Å². The number of piperidine rings is 1. The van der Waals surface area contributed by atoms with Crippen molar-refractivity contribution in [1.29, 1.82) is 0 Å². The van der Waals surface area contributed by atoms with E-state index in [2.05, 4.69) is 10.2 Å². The molecule has 1 saturated heterocycles. The Morgan fingerprint density at radius 3 is 2.62 bits per heavy atom. The van der Waals surface area contributed by atoms with Crippen molar-refractivity contribution < 1.29 is 43.2 Å². The van der Waals surface area contributed by atoms with Crippen molar-refractivity contribution in [3.8, 4) is 11.5 Å². The van der Waals surface area contributed by atoms with E-state index in [4.69, 9.17) is 23.7 Å². The SMILES string of the molecule is COc1ccc2c3c1O[C@H]1C(OC(=O)[C@H](OC(=O)CCNC(=O)OC(C)(C)C)c4ccccc4)=CC[C@@]4(O)[C@@H](C2)N(C)CC[C@]314. The highest BCUT2D eigenvalue weighted by atomic mass is 16.6. The standard InChI is InChI=1S/C34H40N2O9/c1-32(2,3)45-31(39)35-17-14-25(37)43-27(20-9-7-6-8-10-20)30(38)42-23-13-15-34(40)24-19-21-11-12-22(41-5)28-26(21)33(34,29(23)44-28)16-18-36(24)4/h6-13,24,27,29,40H,14-19H2,1-5H3,(H,35,39)/t24-,27-,29+,33+,34-/m1/s1. The molecule has 1 fully saturated rings. The van der Waals surface area contributed by atoms with E-state index in [1.54, 1.807) is 64.3 Å². The number of methoxy groups -OCH3 is 1. The number of hydrogen-bond acceptors (Lipinski definition) is 10. The molecule has 1 spiro atoms. The number of esters is 2. The molecule has 2 aliphatic heterocycles. The largest absolute Gasteiger partial charge is 0.493 e. The number of hydrogen-bond donors (Lipinski definition) is 2. The van der Waals surface area contributed by atoms with E-state index in [-0.39, 0.29) is 31.2 Å². The Kier molecular flexibility index (Phi) is 7.81. The normalized spacial score (nSPS) is 26.8. The van der Waals surface area contributed by atoms with Crippen LogP contribution >= 0.6 is 0 Å². The highest BCUT2D eigenvalue weighted by molar-refractivity contribution is 5.82. The van der Waals surface area contributed by atoms with E-state index in [0.29, 0.717) is 29.9 Å². The number of likely N-dealkylation sites (N-methyl/N-ethyl adjacent to an activating group) is 1. The van der Waals surface area contributed by atoms with E-state index in [1.165, 1.54) is 0 Å². The van der Waals surface area contributed by atoms with Gasteiger partial charge in [-0.15, -0.1) is 0 Å². The van der Waals surface area contributed by atoms with Gasteiger partial charge < -0.3 is 39.0 Å². The van der Waals surface area contributed by atoms with Crippen molar-refractivity contribution in [2.24, 2.45) is 0 Å². The van der Waals surface area contributed by atoms with Gasteiger partial charge in [-0.05, 0) is 64.9 Å². The average Bonchev–Trinajstić information content (AvgIpc) is 3.34. The van der Waals surface area contributed by atoms with Crippen LogP contribution in [0.3, 0.4) is 0 Å². The van der Waals surface area contributed by atoms with Crippen molar-refractivity contribution in [1.82, 2.24) is 10.2 Å². The van der Waals surface area contributed by atoms with Gasteiger partial charge in [0.1, 0.15) is 11.4 Å². The Balaban J connectivity index is 1.25. The maximum Gasteiger partial charge on any atom is 0.407 e. The zero-order valence-corrected chi connectivity index (χ0v) is 26.3. The van der Waals surface area contributed by atoms with Crippen LogP contribution in [-0.2, 0) is 35.6 Å². The summed E-state index contributed by atoms with van der Waals surface area (Å²) in [6.45, 7) is 5.91. The van der Waals surface area contributed by atoms with Crippen LogP contribution in [0.5, 0.6) is 11.5 Å². The van der Waals surface area contributed by atoms with Crippen LogP contribution in [0.4, 0.5) is 4.79 Å². The topological polar surface area (TPSA) is 133 Å². The monoisotopic (exact) mass is 620 g/mol. The van der Waals surface area contributed by atoms with Crippen LogP contribution in [0.25, 0.3) is 0 Å². The molecule has 2 aromatic carbocycles. The lowest BCUT2D eigenvalue weighted by molar-refractivity contribution is -0.176. The molecule has 0 saturated carbocycles.